The van der Waals surface area contributed by atoms with Gasteiger partial charge in [0, 0.05) is 18.5 Å². The molecule has 1 aromatic heterocycles. The van der Waals surface area contributed by atoms with Crippen molar-refractivity contribution in [3.05, 3.63) is 46.4 Å². The lowest BCUT2D eigenvalue weighted by Crippen LogP contribution is -2.25. The Morgan fingerprint density at radius 2 is 2.25 bits per heavy atom. The van der Waals surface area contributed by atoms with Crippen molar-refractivity contribution in [1.29, 1.82) is 0 Å². The number of aliphatic hydroxyl groups is 1. The van der Waals surface area contributed by atoms with E-state index in [2.05, 4.69) is 10.3 Å². The highest BCUT2D eigenvalue weighted by Gasteiger charge is 2.11. The zero-order valence-electron chi connectivity index (χ0n) is 10.9. The van der Waals surface area contributed by atoms with Gasteiger partial charge in [-0.3, -0.25) is 4.79 Å². The Balaban J connectivity index is 1.99. The first-order valence-electron chi connectivity index (χ1n) is 6.29. The van der Waals surface area contributed by atoms with E-state index in [1.807, 2.05) is 11.4 Å². The van der Waals surface area contributed by atoms with Crippen molar-refractivity contribution in [2.45, 2.75) is 13.0 Å². The van der Waals surface area contributed by atoms with E-state index < -0.39 is 0 Å². The molecule has 0 fully saturated rings. The predicted molar refractivity (Wildman–Crippen MR) is 76.9 cm³/mol. The molecule has 0 bridgehead atoms. The van der Waals surface area contributed by atoms with Crippen LogP contribution in [0.5, 0.6) is 5.75 Å². The zero-order valence-corrected chi connectivity index (χ0v) is 11.7. The summed E-state index contributed by atoms with van der Waals surface area (Å²) in [4.78, 5) is 16.1. The van der Waals surface area contributed by atoms with Gasteiger partial charge in [0.2, 0.25) is 0 Å². The molecule has 1 aromatic carbocycles. The van der Waals surface area contributed by atoms with Crippen LogP contribution in [-0.2, 0) is 6.61 Å². The first-order chi connectivity index (χ1) is 9.81. The molecule has 5 nitrogen and oxygen atoms in total. The maximum atomic E-state index is 12.0. The molecule has 2 aromatic rings. The fraction of sp³-hybridized carbons (Fsp3) is 0.286. The van der Waals surface area contributed by atoms with Gasteiger partial charge in [0.15, 0.2) is 0 Å². The van der Waals surface area contributed by atoms with Gasteiger partial charge in [-0.05, 0) is 18.6 Å². The summed E-state index contributed by atoms with van der Waals surface area (Å²) in [6.07, 6.45) is 0.535. The molecule has 20 heavy (non-hydrogen) atoms. The molecule has 0 saturated heterocycles. The minimum atomic E-state index is -0.202. The SMILES string of the molecule is O=C(NCCCO)c1ccccc1OCc1cscn1. The van der Waals surface area contributed by atoms with Crippen LogP contribution in [0.15, 0.2) is 35.2 Å². The lowest BCUT2D eigenvalue weighted by atomic mass is 10.2. The number of aliphatic hydroxyl groups excluding tert-OH is 1. The molecule has 0 unspecified atom stereocenters. The second-order valence-electron chi connectivity index (χ2n) is 4.10. The van der Waals surface area contributed by atoms with Gasteiger partial charge in [0.1, 0.15) is 12.4 Å². The molecule has 6 heteroatoms. The summed E-state index contributed by atoms with van der Waals surface area (Å²) in [5, 5.41) is 13.4. The van der Waals surface area contributed by atoms with Crippen molar-refractivity contribution in [2.75, 3.05) is 13.2 Å². The molecule has 0 atom stereocenters. The van der Waals surface area contributed by atoms with E-state index in [1.165, 1.54) is 11.3 Å². The number of amides is 1. The van der Waals surface area contributed by atoms with Crippen LogP contribution >= 0.6 is 11.3 Å². The third-order valence-electron chi connectivity index (χ3n) is 2.61. The van der Waals surface area contributed by atoms with Gasteiger partial charge in [-0.2, -0.15) is 0 Å². The standard InChI is InChI=1S/C14H16N2O3S/c17-7-3-6-15-14(18)12-4-1-2-5-13(12)19-8-11-9-20-10-16-11/h1-2,4-5,9-10,17H,3,6-8H2,(H,15,18). The number of nitrogens with zero attached hydrogens (tertiary/aromatic N) is 1. The molecular formula is C14H16N2O3S. The molecule has 0 saturated carbocycles. The van der Waals surface area contributed by atoms with Gasteiger partial charge >= 0.3 is 0 Å². The summed E-state index contributed by atoms with van der Waals surface area (Å²) < 4.78 is 5.64. The third kappa shape index (κ3) is 4.04. The highest BCUT2D eigenvalue weighted by molar-refractivity contribution is 7.07. The Morgan fingerprint density at radius 3 is 3.00 bits per heavy atom. The molecule has 0 radical (unpaired) electrons. The highest BCUT2D eigenvalue weighted by Crippen LogP contribution is 2.19. The van der Waals surface area contributed by atoms with E-state index in [9.17, 15) is 4.79 Å². The summed E-state index contributed by atoms with van der Waals surface area (Å²) >= 11 is 1.50. The van der Waals surface area contributed by atoms with Crippen molar-refractivity contribution in [2.24, 2.45) is 0 Å². The molecule has 0 spiro atoms. The number of hydrogen-bond acceptors (Lipinski definition) is 5. The van der Waals surface area contributed by atoms with Crippen LogP contribution in [0.4, 0.5) is 0 Å². The van der Waals surface area contributed by atoms with Crippen molar-refractivity contribution in [3.63, 3.8) is 0 Å². The summed E-state index contributed by atoms with van der Waals surface area (Å²) in [7, 11) is 0. The fourth-order valence-electron chi connectivity index (χ4n) is 1.62. The van der Waals surface area contributed by atoms with E-state index in [0.717, 1.165) is 5.69 Å². The Labute approximate surface area is 121 Å². The number of nitrogens with one attached hydrogen (secondary N) is 1. The quantitative estimate of drug-likeness (QED) is 0.764. The first-order valence-corrected chi connectivity index (χ1v) is 7.23. The highest BCUT2D eigenvalue weighted by atomic mass is 32.1. The number of aromatic nitrogens is 1. The fourth-order valence-corrected chi connectivity index (χ4v) is 2.16. The Morgan fingerprint density at radius 1 is 1.40 bits per heavy atom. The van der Waals surface area contributed by atoms with E-state index >= 15 is 0 Å². The minimum Gasteiger partial charge on any atom is -0.486 e. The lowest BCUT2D eigenvalue weighted by molar-refractivity contribution is 0.0946. The summed E-state index contributed by atoms with van der Waals surface area (Å²) in [6.45, 7) is 0.836. The van der Waals surface area contributed by atoms with Gasteiger partial charge in [0.25, 0.3) is 5.91 Å². The molecular weight excluding hydrogens is 276 g/mol. The normalized spacial score (nSPS) is 10.2. The predicted octanol–water partition coefficient (Wildman–Crippen LogP) is 1.83. The molecule has 0 aliphatic carbocycles. The van der Waals surface area contributed by atoms with Gasteiger partial charge in [-0.1, -0.05) is 12.1 Å². The van der Waals surface area contributed by atoms with Gasteiger partial charge < -0.3 is 15.2 Å². The second kappa shape index (κ2) is 7.62. The number of carbonyl (C=O) groups is 1. The van der Waals surface area contributed by atoms with Crippen molar-refractivity contribution in [3.8, 4) is 5.75 Å². The van der Waals surface area contributed by atoms with E-state index in [-0.39, 0.29) is 12.5 Å². The number of ether oxygens (including phenoxy) is 1. The number of hydrogen-bond donors (Lipinski definition) is 2. The number of carbonyl (C=O) groups excluding carboxylic acids is 1. The molecule has 2 rings (SSSR count). The molecule has 2 N–H and O–H groups in total. The third-order valence-corrected chi connectivity index (χ3v) is 3.25. The van der Waals surface area contributed by atoms with Crippen LogP contribution < -0.4 is 10.1 Å². The lowest BCUT2D eigenvalue weighted by Gasteiger charge is -2.10. The number of thiazole rings is 1. The molecule has 0 aliphatic heterocycles. The topological polar surface area (TPSA) is 71.5 Å². The smallest absolute Gasteiger partial charge is 0.255 e. The van der Waals surface area contributed by atoms with Crippen LogP contribution in [0.1, 0.15) is 22.5 Å². The van der Waals surface area contributed by atoms with Crippen LogP contribution in [0.25, 0.3) is 0 Å². The molecule has 0 aliphatic rings. The zero-order chi connectivity index (χ0) is 14.2. The van der Waals surface area contributed by atoms with Gasteiger partial charge in [-0.25, -0.2) is 4.98 Å². The van der Waals surface area contributed by atoms with Crippen LogP contribution in [0.3, 0.4) is 0 Å². The van der Waals surface area contributed by atoms with Crippen molar-refractivity contribution in [1.82, 2.24) is 10.3 Å². The molecule has 106 valence electrons. The number of rotatable bonds is 7. The monoisotopic (exact) mass is 292 g/mol. The van der Waals surface area contributed by atoms with Crippen LogP contribution in [0, 0.1) is 0 Å². The van der Waals surface area contributed by atoms with Crippen molar-refractivity contribution >= 4 is 17.2 Å². The van der Waals surface area contributed by atoms with E-state index in [0.29, 0.717) is 30.9 Å². The summed E-state index contributed by atoms with van der Waals surface area (Å²) in [5.74, 6) is 0.328. The Bertz CT molecular complexity index is 543. The van der Waals surface area contributed by atoms with Crippen molar-refractivity contribution < 1.29 is 14.6 Å². The Hall–Kier alpha value is -1.92. The summed E-state index contributed by atoms with van der Waals surface area (Å²) in [5.41, 5.74) is 3.07. The summed E-state index contributed by atoms with van der Waals surface area (Å²) in [6, 6.07) is 7.08. The van der Waals surface area contributed by atoms with Gasteiger partial charge in [-0.15, -0.1) is 11.3 Å². The average Bonchev–Trinajstić information content (AvgIpc) is 2.99. The maximum absolute atomic E-state index is 12.0. The largest absolute Gasteiger partial charge is 0.486 e. The van der Waals surface area contributed by atoms with Gasteiger partial charge in [0.05, 0.1) is 16.8 Å². The number of benzene rings is 1. The van der Waals surface area contributed by atoms with E-state index in [1.54, 1.807) is 23.7 Å². The average molecular weight is 292 g/mol. The molecule has 1 heterocycles. The maximum Gasteiger partial charge on any atom is 0.255 e. The van der Waals surface area contributed by atoms with E-state index in [4.69, 9.17) is 9.84 Å². The number of para-hydroxylation sites is 1. The minimum absolute atomic E-state index is 0.0578. The molecule has 1 amide bonds. The second-order valence-corrected chi connectivity index (χ2v) is 4.82. The first kappa shape index (κ1) is 14.5. The Kier molecular flexibility index (Phi) is 5.52. The van der Waals surface area contributed by atoms with Crippen LogP contribution in [-0.4, -0.2) is 29.1 Å². The van der Waals surface area contributed by atoms with Crippen LogP contribution in [0.2, 0.25) is 0 Å².